The lowest BCUT2D eigenvalue weighted by Gasteiger charge is -2.25. The summed E-state index contributed by atoms with van der Waals surface area (Å²) in [5.41, 5.74) is 2.38. The van der Waals surface area contributed by atoms with E-state index in [0.717, 1.165) is 17.5 Å². The van der Waals surface area contributed by atoms with Crippen molar-refractivity contribution >= 4 is 27.6 Å². The summed E-state index contributed by atoms with van der Waals surface area (Å²) in [5, 5.41) is 0.679. The number of hydrogen-bond donors (Lipinski definition) is 0. The number of hydrogen-bond acceptors (Lipinski definition) is 6. The summed E-state index contributed by atoms with van der Waals surface area (Å²) in [6, 6.07) is 7.00. The van der Waals surface area contributed by atoms with Crippen LogP contribution in [0.4, 0.5) is 5.95 Å². The maximum Gasteiger partial charge on any atom is 0.262 e. The number of imidazole rings is 1. The quantitative estimate of drug-likeness (QED) is 0.598. The van der Waals surface area contributed by atoms with Crippen LogP contribution in [0.15, 0.2) is 48.0 Å². The second kappa shape index (κ2) is 7.98. The first-order chi connectivity index (χ1) is 14.3. The second-order valence-electron chi connectivity index (χ2n) is 7.52. The van der Waals surface area contributed by atoms with Gasteiger partial charge in [-0.2, -0.15) is 4.31 Å². The van der Waals surface area contributed by atoms with Crippen LogP contribution in [-0.4, -0.2) is 52.9 Å². The average Bonchev–Trinajstić information content (AvgIpc) is 3.38. The highest BCUT2D eigenvalue weighted by molar-refractivity contribution is 7.89. The first kappa shape index (κ1) is 20.8. The topological polar surface area (TPSA) is 84.2 Å². The molecule has 1 aromatic carbocycles. The number of benzene rings is 1. The highest BCUT2D eigenvalue weighted by Crippen LogP contribution is 2.40. The maximum absolute atomic E-state index is 13.3. The van der Waals surface area contributed by atoms with Gasteiger partial charge in [-0.3, -0.25) is 0 Å². The van der Waals surface area contributed by atoms with E-state index in [0.29, 0.717) is 29.6 Å². The summed E-state index contributed by atoms with van der Waals surface area (Å²) in [4.78, 5) is 15.1. The Labute approximate surface area is 181 Å². The van der Waals surface area contributed by atoms with Crippen LogP contribution in [0.3, 0.4) is 0 Å². The summed E-state index contributed by atoms with van der Waals surface area (Å²) in [6.45, 7) is 0.422. The smallest absolute Gasteiger partial charge is 0.262 e. The van der Waals surface area contributed by atoms with E-state index < -0.39 is 16.1 Å². The molecule has 0 amide bonds. The van der Waals surface area contributed by atoms with Crippen LogP contribution in [0.2, 0.25) is 5.02 Å². The van der Waals surface area contributed by atoms with Crippen LogP contribution >= 0.6 is 11.6 Å². The Hall–Kier alpha value is -2.49. The molecule has 10 heteroatoms. The molecule has 1 aliphatic heterocycles. The fraction of sp³-hybridized carbons (Fsp3) is 0.350. The van der Waals surface area contributed by atoms with Gasteiger partial charge in [-0.1, -0.05) is 23.7 Å². The molecule has 1 atom stereocenters. The average molecular weight is 447 g/mol. The van der Waals surface area contributed by atoms with Gasteiger partial charge >= 0.3 is 0 Å². The van der Waals surface area contributed by atoms with E-state index in [4.69, 9.17) is 16.6 Å². The fourth-order valence-corrected chi connectivity index (χ4v) is 5.41. The van der Waals surface area contributed by atoms with Gasteiger partial charge in [0.1, 0.15) is 0 Å². The van der Waals surface area contributed by atoms with Gasteiger partial charge in [-0.15, -0.1) is 0 Å². The van der Waals surface area contributed by atoms with Crippen LogP contribution in [0, 0.1) is 0 Å². The highest BCUT2D eigenvalue weighted by Gasteiger charge is 2.39. The van der Waals surface area contributed by atoms with E-state index in [9.17, 15) is 8.42 Å². The Morgan fingerprint density at radius 1 is 1.17 bits per heavy atom. The van der Waals surface area contributed by atoms with Gasteiger partial charge in [0.15, 0.2) is 5.03 Å². The molecule has 0 N–H and O–H groups in total. The van der Waals surface area contributed by atoms with Crippen LogP contribution in [-0.2, 0) is 17.1 Å². The van der Waals surface area contributed by atoms with Crippen molar-refractivity contribution in [2.24, 2.45) is 7.05 Å². The first-order valence-electron chi connectivity index (χ1n) is 9.57. The summed E-state index contributed by atoms with van der Waals surface area (Å²) >= 11 is 6.05. The van der Waals surface area contributed by atoms with Crippen LogP contribution in [0.25, 0.3) is 11.1 Å². The lowest BCUT2D eigenvalue weighted by molar-refractivity contribution is 0.389. The molecule has 0 aliphatic carbocycles. The molecule has 30 heavy (non-hydrogen) atoms. The predicted molar refractivity (Wildman–Crippen MR) is 116 cm³/mol. The first-order valence-corrected chi connectivity index (χ1v) is 11.4. The van der Waals surface area contributed by atoms with Gasteiger partial charge in [-0.05, 0) is 30.5 Å². The second-order valence-corrected chi connectivity index (χ2v) is 9.80. The standard InChI is InChI=1S/C20H23ClN6O2S/c1-25(2)20-22-11-16(14-6-8-15(21)9-7-14)19(24-20)17-5-4-10-27(17)30(28,29)18-12-26(3)13-23-18/h6-9,11-13,17H,4-5,10H2,1-3H3/t17-/m0/s1. The van der Waals surface area contributed by atoms with Gasteiger partial charge in [0, 0.05) is 50.7 Å². The van der Waals surface area contributed by atoms with Gasteiger partial charge in [0.05, 0.1) is 18.1 Å². The lowest BCUT2D eigenvalue weighted by Crippen LogP contribution is -2.32. The Bertz CT molecular complexity index is 1160. The minimum absolute atomic E-state index is 0.0480. The minimum atomic E-state index is -3.75. The minimum Gasteiger partial charge on any atom is -0.347 e. The molecular weight excluding hydrogens is 424 g/mol. The Morgan fingerprint density at radius 3 is 2.53 bits per heavy atom. The van der Waals surface area contributed by atoms with E-state index in [1.54, 1.807) is 29.9 Å². The number of aromatic nitrogens is 4. The summed E-state index contributed by atoms with van der Waals surface area (Å²) in [7, 11) is 1.72. The van der Waals surface area contributed by atoms with Crippen molar-refractivity contribution in [3.8, 4) is 11.1 Å². The normalized spacial score (nSPS) is 17.4. The molecule has 0 unspecified atom stereocenters. The Kier molecular flexibility index (Phi) is 5.52. The molecule has 8 nitrogen and oxygen atoms in total. The lowest BCUT2D eigenvalue weighted by atomic mass is 10.0. The van der Waals surface area contributed by atoms with E-state index in [2.05, 4.69) is 9.97 Å². The molecule has 4 rings (SSSR count). The van der Waals surface area contributed by atoms with Crippen molar-refractivity contribution in [1.29, 1.82) is 0 Å². The third kappa shape index (κ3) is 3.80. The molecule has 0 spiro atoms. The summed E-state index contributed by atoms with van der Waals surface area (Å²) in [6.07, 6.45) is 6.20. The zero-order valence-electron chi connectivity index (χ0n) is 17.0. The molecular formula is C20H23ClN6O2S. The van der Waals surface area contributed by atoms with Crippen LogP contribution < -0.4 is 4.90 Å². The van der Waals surface area contributed by atoms with Gasteiger partial charge in [-0.25, -0.2) is 23.4 Å². The zero-order chi connectivity index (χ0) is 21.5. The summed E-state index contributed by atoms with van der Waals surface area (Å²) in [5.74, 6) is 0.532. The molecule has 3 heterocycles. The van der Waals surface area contributed by atoms with Crippen molar-refractivity contribution in [1.82, 2.24) is 23.8 Å². The highest BCUT2D eigenvalue weighted by atomic mass is 35.5. The molecule has 2 aromatic heterocycles. The third-order valence-electron chi connectivity index (χ3n) is 5.13. The maximum atomic E-state index is 13.3. The molecule has 1 saturated heterocycles. The van der Waals surface area contributed by atoms with E-state index in [1.807, 2.05) is 31.1 Å². The molecule has 0 radical (unpaired) electrons. The largest absolute Gasteiger partial charge is 0.347 e. The monoisotopic (exact) mass is 446 g/mol. The molecule has 1 aliphatic rings. The molecule has 3 aromatic rings. The van der Waals surface area contributed by atoms with E-state index in [-0.39, 0.29) is 5.03 Å². The van der Waals surface area contributed by atoms with Crippen LogP contribution in [0.1, 0.15) is 24.6 Å². The summed E-state index contributed by atoms with van der Waals surface area (Å²) < 4.78 is 29.8. The van der Waals surface area contributed by atoms with Crippen molar-refractivity contribution < 1.29 is 8.42 Å². The Balaban J connectivity index is 1.83. The zero-order valence-corrected chi connectivity index (χ0v) is 18.6. The molecule has 0 bridgehead atoms. The predicted octanol–water partition coefficient (Wildman–Crippen LogP) is 3.12. The van der Waals surface area contributed by atoms with E-state index >= 15 is 0 Å². The Morgan fingerprint density at radius 2 is 1.90 bits per heavy atom. The van der Waals surface area contributed by atoms with Crippen LogP contribution in [0.5, 0.6) is 0 Å². The molecule has 0 saturated carbocycles. The third-order valence-corrected chi connectivity index (χ3v) is 7.18. The number of rotatable bonds is 5. The van der Waals surface area contributed by atoms with Crippen molar-refractivity contribution in [2.45, 2.75) is 23.9 Å². The number of sulfonamides is 1. The van der Waals surface area contributed by atoms with Gasteiger partial charge < -0.3 is 9.47 Å². The van der Waals surface area contributed by atoms with Gasteiger partial charge in [0.25, 0.3) is 10.0 Å². The number of halogens is 1. The fourth-order valence-electron chi connectivity index (χ4n) is 3.65. The van der Waals surface area contributed by atoms with Crippen molar-refractivity contribution in [3.63, 3.8) is 0 Å². The molecule has 1 fully saturated rings. The van der Waals surface area contributed by atoms with E-state index in [1.165, 1.54) is 16.8 Å². The number of aryl methyl sites for hydroxylation is 1. The van der Waals surface area contributed by atoms with Gasteiger partial charge in [0.2, 0.25) is 5.95 Å². The van der Waals surface area contributed by atoms with Crippen molar-refractivity contribution in [3.05, 3.63) is 53.7 Å². The van der Waals surface area contributed by atoms with Crippen molar-refractivity contribution in [2.75, 3.05) is 25.5 Å². The number of anilines is 1. The number of nitrogens with zero attached hydrogens (tertiary/aromatic N) is 6. The SMILES string of the molecule is CN(C)c1ncc(-c2ccc(Cl)cc2)c([C@@H]2CCCN2S(=O)(=O)c2cn(C)cn2)n1. The molecule has 158 valence electrons.